The Bertz CT molecular complexity index is 1030. The third-order valence-electron chi connectivity index (χ3n) is 7.70. The molecule has 0 unspecified atom stereocenters. The van der Waals surface area contributed by atoms with Crippen LogP contribution in [-0.4, -0.2) is 78.3 Å². The molecule has 0 N–H and O–H groups in total. The Morgan fingerprint density at radius 2 is 2.00 bits per heavy atom. The van der Waals surface area contributed by atoms with Gasteiger partial charge in [0, 0.05) is 74.2 Å². The highest BCUT2D eigenvalue weighted by Gasteiger charge is 2.50. The zero-order valence-corrected chi connectivity index (χ0v) is 20.2. The van der Waals surface area contributed by atoms with Crippen LogP contribution in [0.2, 0.25) is 0 Å². The highest BCUT2D eigenvalue weighted by atomic mass is 19.1. The second kappa shape index (κ2) is 9.49. The first kappa shape index (κ1) is 23.0. The lowest BCUT2D eigenvalue weighted by molar-refractivity contribution is -0.00128. The largest absolute Gasteiger partial charge is 0.450 e. The Morgan fingerprint density at radius 3 is 2.74 bits per heavy atom. The molecule has 1 amide bonds. The Morgan fingerprint density at radius 1 is 1.21 bits per heavy atom. The van der Waals surface area contributed by atoms with E-state index < -0.39 is 0 Å². The number of aryl methyl sites for hydroxylation is 1. The second-order valence-corrected chi connectivity index (χ2v) is 10.1. The summed E-state index contributed by atoms with van der Waals surface area (Å²) in [6.45, 7) is 10.8. The van der Waals surface area contributed by atoms with Crippen molar-refractivity contribution < 1.29 is 13.9 Å². The molecule has 1 atom stereocenters. The van der Waals surface area contributed by atoms with Gasteiger partial charge in [0.1, 0.15) is 11.6 Å². The summed E-state index contributed by atoms with van der Waals surface area (Å²) in [6, 6.07) is 5.45. The molecule has 2 aromatic rings. The minimum atomic E-state index is -0.326. The number of ether oxygens (including phenoxy) is 1. The first-order valence-corrected chi connectivity index (χ1v) is 12.4. The van der Waals surface area contributed by atoms with Crippen molar-refractivity contribution in [1.29, 1.82) is 0 Å². The smallest absolute Gasteiger partial charge is 0.409 e. The fourth-order valence-corrected chi connectivity index (χ4v) is 6.04. The van der Waals surface area contributed by atoms with Gasteiger partial charge in [-0.25, -0.2) is 14.2 Å². The Hall–Kier alpha value is -2.74. The number of halogens is 1. The van der Waals surface area contributed by atoms with E-state index in [1.807, 2.05) is 30.9 Å². The van der Waals surface area contributed by atoms with Crippen LogP contribution in [0.1, 0.15) is 31.9 Å². The molecule has 2 aliphatic heterocycles. The van der Waals surface area contributed by atoms with Gasteiger partial charge in [0.25, 0.3) is 0 Å². The predicted molar refractivity (Wildman–Crippen MR) is 129 cm³/mol. The van der Waals surface area contributed by atoms with Gasteiger partial charge >= 0.3 is 6.09 Å². The summed E-state index contributed by atoms with van der Waals surface area (Å²) in [6.07, 6.45) is 6.56. The third-order valence-corrected chi connectivity index (χ3v) is 7.70. The number of carbonyl (C=O) groups excluding carboxylic acids is 1. The van der Waals surface area contributed by atoms with Crippen LogP contribution in [0.25, 0.3) is 11.1 Å². The lowest BCUT2D eigenvalue weighted by Crippen LogP contribution is -2.57. The molecule has 0 radical (unpaired) electrons. The SMILES string of the molecule is CCOC(=O)N1CC2(CC[C@@H](CN3CCN(c4ncc(F)cc4-c4cccnc4C)CC3)C2)C1. The number of hydrogen-bond acceptors (Lipinski definition) is 6. The number of aromatic nitrogens is 2. The van der Waals surface area contributed by atoms with Gasteiger partial charge in [-0.15, -0.1) is 0 Å². The van der Waals surface area contributed by atoms with Gasteiger partial charge in [-0.3, -0.25) is 9.88 Å². The van der Waals surface area contributed by atoms with Crippen molar-refractivity contribution in [3.8, 4) is 11.1 Å². The Labute approximate surface area is 200 Å². The van der Waals surface area contributed by atoms with E-state index in [-0.39, 0.29) is 11.9 Å². The molecule has 182 valence electrons. The number of hydrogen-bond donors (Lipinski definition) is 0. The highest BCUT2D eigenvalue weighted by molar-refractivity contribution is 5.77. The van der Waals surface area contributed by atoms with Crippen LogP contribution in [0.15, 0.2) is 30.6 Å². The Balaban J connectivity index is 1.16. The number of carbonyl (C=O) groups is 1. The van der Waals surface area contributed by atoms with Gasteiger partial charge in [0.05, 0.1) is 12.8 Å². The number of pyridine rings is 2. The monoisotopic (exact) mass is 467 g/mol. The van der Waals surface area contributed by atoms with Gasteiger partial charge in [0.2, 0.25) is 0 Å². The number of amides is 1. The molecule has 34 heavy (non-hydrogen) atoms. The van der Waals surface area contributed by atoms with E-state index in [9.17, 15) is 9.18 Å². The molecule has 4 heterocycles. The van der Waals surface area contributed by atoms with Gasteiger partial charge < -0.3 is 14.5 Å². The maximum Gasteiger partial charge on any atom is 0.409 e. The van der Waals surface area contributed by atoms with Crippen LogP contribution in [0.5, 0.6) is 0 Å². The van der Waals surface area contributed by atoms with Gasteiger partial charge in [0.15, 0.2) is 0 Å². The fourth-order valence-electron chi connectivity index (χ4n) is 6.04. The molecule has 0 aromatic carbocycles. The average Bonchev–Trinajstić information content (AvgIpc) is 3.23. The molecule has 7 nitrogen and oxygen atoms in total. The van der Waals surface area contributed by atoms with Gasteiger partial charge in [-0.05, 0) is 51.2 Å². The predicted octanol–water partition coefficient (Wildman–Crippen LogP) is 3.97. The maximum atomic E-state index is 14.1. The minimum absolute atomic E-state index is 0.164. The van der Waals surface area contributed by atoms with Gasteiger partial charge in [-0.2, -0.15) is 0 Å². The number of likely N-dealkylation sites (tertiary alicyclic amines) is 1. The molecule has 1 spiro atoms. The number of piperazine rings is 1. The first-order valence-electron chi connectivity index (χ1n) is 12.4. The minimum Gasteiger partial charge on any atom is -0.450 e. The van der Waals surface area contributed by atoms with Crippen molar-refractivity contribution in [2.24, 2.45) is 11.3 Å². The van der Waals surface area contributed by atoms with Crippen LogP contribution < -0.4 is 4.90 Å². The number of anilines is 1. The molecular weight excluding hydrogens is 433 g/mol. The zero-order valence-electron chi connectivity index (χ0n) is 20.2. The highest BCUT2D eigenvalue weighted by Crippen LogP contribution is 2.48. The van der Waals surface area contributed by atoms with Crippen LogP contribution in [0.4, 0.5) is 15.0 Å². The summed E-state index contributed by atoms with van der Waals surface area (Å²) < 4.78 is 19.2. The lowest BCUT2D eigenvalue weighted by Gasteiger charge is -2.47. The quantitative estimate of drug-likeness (QED) is 0.663. The maximum absolute atomic E-state index is 14.1. The molecule has 2 saturated heterocycles. The van der Waals surface area contributed by atoms with Gasteiger partial charge in [-0.1, -0.05) is 6.07 Å². The molecule has 1 saturated carbocycles. The molecule has 1 aliphatic carbocycles. The normalized spacial score (nSPS) is 22.1. The van der Waals surface area contributed by atoms with Crippen LogP contribution in [0.3, 0.4) is 0 Å². The van der Waals surface area contributed by atoms with E-state index in [1.54, 1.807) is 12.3 Å². The van der Waals surface area contributed by atoms with Crippen LogP contribution in [0, 0.1) is 24.1 Å². The lowest BCUT2D eigenvalue weighted by atomic mass is 9.78. The zero-order chi connectivity index (χ0) is 23.7. The van der Waals surface area contributed by atoms with E-state index in [4.69, 9.17) is 4.74 Å². The molecule has 8 heteroatoms. The molecule has 3 fully saturated rings. The summed E-state index contributed by atoms with van der Waals surface area (Å²) in [5.41, 5.74) is 2.93. The van der Waals surface area contributed by atoms with Crippen LogP contribution >= 0.6 is 0 Å². The summed E-state index contributed by atoms with van der Waals surface area (Å²) in [5.74, 6) is 1.20. The van der Waals surface area contributed by atoms with E-state index in [1.165, 1.54) is 25.5 Å². The van der Waals surface area contributed by atoms with E-state index in [0.717, 1.165) is 68.5 Å². The summed E-state index contributed by atoms with van der Waals surface area (Å²) in [4.78, 5) is 27.5. The number of rotatable bonds is 5. The van der Waals surface area contributed by atoms with Crippen molar-refractivity contribution in [2.45, 2.75) is 33.1 Å². The van der Waals surface area contributed by atoms with E-state index in [2.05, 4.69) is 19.8 Å². The third kappa shape index (κ3) is 4.60. The molecule has 2 aromatic heterocycles. The first-order chi connectivity index (χ1) is 16.5. The van der Waals surface area contributed by atoms with Crippen molar-refractivity contribution in [2.75, 3.05) is 57.3 Å². The molecule has 0 bridgehead atoms. The summed E-state index contributed by atoms with van der Waals surface area (Å²) in [7, 11) is 0. The van der Waals surface area contributed by atoms with Crippen LogP contribution in [-0.2, 0) is 4.74 Å². The molecule has 5 rings (SSSR count). The summed E-state index contributed by atoms with van der Waals surface area (Å²) in [5, 5.41) is 0. The molecule has 3 aliphatic rings. The van der Waals surface area contributed by atoms with Crippen molar-refractivity contribution in [1.82, 2.24) is 19.8 Å². The topological polar surface area (TPSA) is 61.8 Å². The standard InChI is InChI=1S/C26H34FN5O2/c1-3-34-25(33)32-17-26(18-32)7-6-20(14-26)16-30-9-11-31(12-10-30)24-23(13-21(27)15-29-24)22-5-4-8-28-19(22)2/h4-5,8,13,15,20H,3,6-7,9-12,14,16-18H2,1-2H3/t20-/m1/s1. The number of nitrogens with zero attached hydrogens (tertiary/aromatic N) is 5. The average molecular weight is 468 g/mol. The van der Waals surface area contributed by atoms with E-state index in [0.29, 0.717) is 17.9 Å². The second-order valence-electron chi connectivity index (χ2n) is 10.1. The van der Waals surface area contributed by atoms with Crippen molar-refractivity contribution in [3.05, 3.63) is 42.1 Å². The van der Waals surface area contributed by atoms with E-state index >= 15 is 0 Å². The van der Waals surface area contributed by atoms with Crippen molar-refractivity contribution >= 4 is 11.9 Å². The van der Waals surface area contributed by atoms with Crippen molar-refractivity contribution in [3.63, 3.8) is 0 Å². The fraction of sp³-hybridized carbons (Fsp3) is 0.577. The summed E-state index contributed by atoms with van der Waals surface area (Å²) >= 11 is 0. The molecular formula is C26H34FN5O2. The Kier molecular flexibility index (Phi) is 6.42.